The maximum Gasteiger partial charge on any atom is 0.191 e. The molecule has 2 aliphatic heterocycles. The topological polar surface area (TPSA) is 54.9 Å². The van der Waals surface area contributed by atoms with Crippen LogP contribution in [-0.4, -0.2) is 37.9 Å². The van der Waals surface area contributed by atoms with Crippen LogP contribution in [-0.2, 0) is 4.74 Å². The van der Waals surface area contributed by atoms with Crippen LogP contribution in [0.1, 0.15) is 65.5 Å². The molecule has 0 spiro atoms. The highest BCUT2D eigenvalue weighted by Gasteiger charge is 2.36. The minimum Gasteiger partial charge on any atom is -0.487 e. The summed E-state index contributed by atoms with van der Waals surface area (Å²) in [5.41, 5.74) is 1.13. The van der Waals surface area contributed by atoms with Crippen LogP contribution >= 0.6 is 0 Å². The van der Waals surface area contributed by atoms with Crippen LogP contribution in [0.15, 0.2) is 29.3 Å². The van der Waals surface area contributed by atoms with Crippen molar-refractivity contribution in [2.24, 2.45) is 16.3 Å². The first-order valence-electron chi connectivity index (χ1n) is 10.6. The van der Waals surface area contributed by atoms with Crippen molar-refractivity contribution in [3.8, 4) is 5.75 Å². The second-order valence-electron chi connectivity index (χ2n) is 9.81. The zero-order valence-corrected chi connectivity index (χ0v) is 18.3. The number of hydrogen-bond donors (Lipinski definition) is 2. The normalized spacial score (nSPS) is 27.5. The standard InChI is InChI=1S/C23H37N3O2/c1-22(2,3)20-16(10-9-13-27-20)15-25-21(24-6)26-18-14-23(4,5)28-19-12-8-7-11-17(18)19/h7-8,11-12,16,18,20H,9-10,13-15H2,1-6H3,(H2,24,25,26). The fraction of sp³-hybridized carbons (Fsp3) is 0.696. The summed E-state index contributed by atoms with van der Waals surface area (Å²) in [5.74, 6) is 2.29. The molecule has 2 aliphatic rings. The first-order valence-corrected chi connectivity index (χ1v) is 10.6. The Kier molecular flexibility index (Phi) is 6.23. The average Bonchev–Trinajstić information content (AvgIpc) is 2.63. The van der Waals surface area contributed by atoms with Crippen molar-refractivity contribution in [3.63, 3.8) is 0 Å². The molecule has 3 unspecified atom stereocenters. The largest absolute Gasteiger partial charge is 0.487 e. The third-order valence-electron chi connectivity index (χ3n) is 5.74. The number of ether oxygens (including phenoxy) is 2. The van der Waals surface area contributed by atoms with Gasteiger partial charge in [-0.2, -0.15) is 0 Å². The van der Waals surface area contributed by atoms with Gasteiger partial charge in [0.2, 0.25) is 0 Å². The molecule has 0 bridgehead atoms. The Bertz CT molecular complexity index is 693. The second-order valence-corrected chi connectivity index (χ2v) is 9.81. The first kappa shape index (κ1) is 21.0. The Morgan fingerprint density at radius 3 is 2.71 bits per heavy atom. The quantitative estimate of drug-likeness (QED) is 0.600. The molecule has 0 radical (unpaired) electrons. The number of aliphatic imine (C=N–C) groups is 1. The summed E-state index contributed by atoms with van der Waals surface area (Å²) in [6, 6.07) is 8.46. The van der Waals surface area contributed by atoms with Gasteiger partial charge in [-0.05, 0) is 38.2 Å². The van der Waals surface area contributed by atoms with Gasteiger partial charge in [0.05, 0.1) is 12.1 Å². The highest BCUT2D eigenvalue weighted by atomic mass is 16.5. The lowest BCUT2D eigenvalue weighted by atomic mass is 9.78. The number of benzene rings is 1. The van der Waals surface area contributed by atoms with Crippen molar-refractivity contribution in [3.05, 3.63) is 29.8 Å². The van der Waals surface area contributed by atoms with Crippen molar-refractivity contribution in [1.29, 1.82) is 0 Å². The first-order chi connectivity index (χ1) is 13.2. The summed E-state index contributed by atoms with van der Waals surface area (Å²) in [7, 11) is 1.84. The molecule has 0 amide bonds. The van der Waals surface area contributed by atoms with Crippen LogP contribution in [0.4, 0.5) is 0 Å². The van der Waals surface area contributed by atoms with Crippen molar-refractivity contribution in [1.82, 2.24) is 10.6 Å². The predicted octanol–water partition coefficient (Wildman–Crippen LogP) is 4.30. The molecule has 3 atom stereocenters. The van der Waals surface area contributed by atoms with Crippen LogP contribution in [0.25, 0.3) is 0 Å². The third kappa shape index (κ3) is 4.99. The van der Waals surface area contributed by atoms with Gasteiger partial charge in [0.15, 0.2) is 5.96 Å². The van der Waals surface area contributed by atoms with Crippen molar-refractivity contribution >= 4 is 5.96 Å². The third-order valence-corrected chi connectivity index (χ3v) is 5.74. The number of nitrogens with one attached hydrogen (secondary N) is 2. The highest BCUT2D eigenvalue weighted by molar-refractivity contribution is 5.80. The fourth-order valence-electron chi connectivity index (χ4n) is 4.53. The van der Waals surface area contributed by atoms with E-state index in [9.17, 15) is 0 Å². The van der Waals surface area contributed by atoms with Crippen LogP contribution in [0.2, 0.25) is 0 Å². The molecule has 1 aromatic carbocycles. The Balaban J connectivity index is 1.66. The minimum atomic E-state index is -0.209. The van der Waals surface area contributed by atoms with E-state index in [0.717, 1.165) is 37.7 Å². The van der Waals surface area contributed by atoms with Crippen LogP contribution in [0.5, 0.6) is 5.75 Å². The lowest BCUT2D eigenvalue weighted by Crippen LogP contribution is -2.49. The average molecular weight is 388 g/mol. The number of hydrogen-bond acceptors (Lipinski definition) is 3. The molecule has 5 nitrogen and oxygen atoms in total. The van der Waals surface area contributed by atoms with Gasteiger partial charge < -0.3 is 20.1 Å². The van der Waals surface area contributed by atoms with Crippen LogP contribution in [0.3, 0.4) is 0 Å². The van der Waals surface area contributed by atoms with E-state index in [4.69, 9.17) is 9.47 Å². The molecule has 1 fully saturated rings. The molecule has 0 aliphatic carbocycles. The number of rotatable bonds is 3. The van der Waals surface area contributed by atoms with Crippen molar-refractivity contribution in [2.45, 2.75) is 71.6 Å². The number of nitrogens with zero attached hydrogens (tertiary/aromatic N) is 1. The Morgan fingerprint density at radius 1 is 1.25 bits per heavy atom. The van der Waals surface area contributed by atoms with Gasteiger partial charge in [-0.3, -0.25) is 4.99 Å². The summed E-state index contributed by atoms with van der Waals surface area (Å²) in [6.45, 7) is 12.8. The molecule has 0 saturated carbocycles. The SMILES string of the molecule is CN=C(NCC1CCCOC1C(C)(C)C)NC1CC(C)(C)Oc2ccccc21. The Hall–Kier alpha value is -1.75. The summed E-state index contributed by atoms with van der Waals surface area (Å²) in [6.07, 6.45) is 3.49. The molecular formula is C23H37N3O2. The van der Waals surface area contributed by atoms with Gasteiger partial charge in [0, 0.05) is 38.1 Å². The molecule has 5 heteroatoms. The van der Waals surface area contributed by atoms with Crippen LogP contribution in [0, 0.1) is 11.3 Å². The summed E-state index contributed by atoms with van der Waals surface area (Å²) in [4.78, 5) is 4.49. The maximum absolute atomic E-state index is 6.15. The molecule has 156 valence electrons. The van der Waals surface area contributed by atoms with Gasteiger partial charge in [0.1, 0.15) is 11.4 Å². The molecular weight excluding hydrogens is 350 g/mol. The van der Waals surface area contributed by atoms with E-state index in [1.807, 2.05) is 13.1 Å². The Labute approximate surface area is 170 Å². The minimum absolute atomic E-state index is 0.146. The smallest absolute Gasteiger partial charge is 0.191 e. The van der Waals surface area contributed by atoms with Gasteiger partial charge in [-0.15, -0.1) is 0 Å². The van der Waals surface area contributed by atoms with Crippen LogP contribution < -0.4 is 15.4 Å². The molecule has 3 rings (SSSR count). The Morgan fingerprint density at radius 2 is 2.00 bits per heavy atom. The van der Waals surface area contributed by atoms with Gasteiger partial charge in [-0.25, -0.2) is 0 Å². The van der Waals surface area contributed by atoms with Crippen molar-refractivity contribution in [2.75, 3.05) is 20.2 Å². The van der Waals surface area contributed by atoms with Gasteiger partial charge in [0.25, 0.3) is 0 Å². The zero-order chi connectivity index (χ0) is 20.4. The number of fused-ring (bicyclic) bond motifs is 1. The van der Waals surface area contributed by atoms with E-state index in [1.54, 1.807) is 0 Å². The highest BCUT2D eigenvalue weighted by Crippen LogP contribution is 2.39. The predicted molar refractivity (Wildman–Crippen MR) is 115 cm³/mol. The molecule has 28 heavy (non-hydrogen) atoms. The van der Waals surface area contributed by atoms with E-state index in [-0.39, 0.29) is 23.2 Å². The van der Waals surface area contributed by atoms with Gasteiger partial charge in [-0.1, -0.05) is 39.0 Å². The molecule has 0 aromatic heterocycles. The van der Waals surface area contributed by atoms with E-state index in [0.29, 0.717) is 5.92 Å². The molecule has 2 heterocycles. The van der Waals surface area contributed by atoms with Crippen molar-refractivity contribution < 1.29 is 9.47 Å². The summed E-state index contributed by atoms with van der Waals surface area (Å²) >= 11 is 0. The summed E-state index contributed by atoms with van der Waals surface area (Å²) < 4.78 is 12.3. The lowest BCUT2D eigenvalue weighted by Gasteiger charge is -2.41. The second kappa shape index (κ2) is 8.32. The van der Waals surface area contributed by atoms with E-state index < -0.39 is 0 Å². The monoisotopic (exact) mass is 387 g/mol. The lowest BCUT2D eigenvalue weighted by molar-refractivity contribution is -0.0835. The molecule has 1 saturated heterocycles. The number of para-hydroxylation sites is 1. The molecule has 1 aromatic rings. The zero-order valence-electron chi connectivity index (χ0n) is 18.3. The summed E-state index contributed by atoms with van der Waals surface area (Å²) in [5, 5.41) is 7.19. The van der Waals surface area contributed by atoms with E-state index in [1.165, 1.54) is 12.0 Å². The van der Waals surface area contributed by atoms with E-state index in [2.05, 4.69) is 68.4 Å². The maximum atomic E-state index is 6.15. The van der Waals surface area contributed by atoms with Gasteiger partial charge >= 0.3 is 0 Å². The molecule has 2 N–H and O–H groups in total. The number of guanidine groups is 1. The van der Waals surface area contributed by atoms with E-state index >= 15 is 0 Å². The fourth-order valence-corrected chi connectivity index (χ4v) is 4.53.